The molecule has 1 saturated heterocycles. The Kier molecular flexibility index (Phi) is 7.09. The molecule has 2 N–H and O–H groups in total. The van der Waals surface area contributed by atoms with Crippen molar-refractivity contribution < 1.29 is 18.7 Å². The van der Waals surface area contributed by atoms with Gasteiger partial charge in [0.2, 0.25) is 0 Å². The van der Waals surface area contributed by atoms with Gasteiger partial charge in [0, 0.05) is 20.2 Å². The average molecular weight is 323 g/mol. The average Bonchev–Trinajstić information content (AvgIpc) is 3.07. The second-order valence-electron chi connectivity index (χ2n) is 5.76. The van der Waals surface area contributed by atoms with Crippen LogP contribution in [0.2, 0.25) is 0 Å². The molecule has 0 aromatic carbocycles. The lowest BCUT2D eigenvalue weighted by atomic mass is 9.96. The van der Waals surface area contributed by atoms with E-state index in [1.165, 1.54) is 0 Å². The Labute approximate surface area is 136 Å². The molecule has 1 aromatic heterocycles. The molecule has 23 heavy (non-hydrogen) atoms. The summed E-state index contributed by atoms with van der Waals surface area (Å²) in [7, 11) is 1.55. The molecule has 0 unspecified atom stereocenters. The number of likely N-dealkylation sites (tertiary alicyclic amines) is 1. The van der Waals surface area contributed by atoms with Crippen molar-refractivity contribution in [2.24, 2.45) is 5.92 Å². The Morgan fingerprint density at radius 1 is 1.30 bits per heavy atom. The van der Waals surface area contributed by atoms with Crippen molar-refractivity contribution >= 4 is 11.8 Å². The number of piperidine rings is 1. The van der Waals surface area contributed by atoms with E-state index in [-0.39, 0.29) is 0 Å². The summed E-state index contributed by atoms with van der Waals surface area (Å²) >= 11 is 0. The van der Waals surface area contributed by atoms with E-state index >= 15 is 0 Å². The molecular formula is C16H25N3O4. The minimum Gasteiger partial charge on any atom is -0.468 e. The van der Waals surface area contributed by atoms with Gasteiger partial charge in [0.15, 0.2) is 0 Å². The third-order valence-corrected chi connectivity index (χ3v) is 4.02. The molecule has 7 heteroatoms. The fourth-order valence-corrected chi connectivity index (χ4v) is 2.64. The number of nitrogens with zero attached hydrogens (tertiary/aromatic N) is 1. The van der Waals surface area contributed by atoms with Gasteiger partial charge in [-0.2, -0.15) is 0 Å². The molecule has 0 radical (unpaired) electrons. The first-order chi connectivity index (χ1) is 11.2. The lowest BCUT2D eigenvalue weighted by Crippen LogP contribution is -2.44. The Hall–Kier alpha value is -1.86. The predicted octanol–water partition coefficient (Wildman–Crippen LogP) is 0.370. The summed E-state index contributed by atoms with van der Waals surface area (Å²) in [5.41, 5.74) is 0. The topological polar surface area (TPSA) is 83.8 Å². The first-order valence-electron chi connectivity index (χ1n) is 7.98. The molecule has 1 fully saturated rings. The Bertz CT molecular complexity index is 482. The third-order valence-electron chi connectivity index (χ3n) is 4.02. The van der Waals surface area contributed by atoms with Gasteiger partial charge in [-0.15, -0.1) is 0 Å². The molecule has 2 rings (SSSR count). The number of hydrogen-bond acceptors (Lipinski definition) is 5. The molecule has 2 amide bonds. The van der Waals surface area contributed by atoms with Crippen LogP contribution in [0.15, 0.2) is 22.8 Å². The fraction of sp³-hybridized carbons (Fsp3) is 0.625. The number of furan rings is 1. The number of rotatable bonds is 7. The maximum absolute atomic E-state index is 11.7. The normalized spacial score (nSPS) is 16.2. The van der Waals surface area contributed by atoms with E-state index in [2.05, 4.69) is 15.5 Å². The number of hydrogen-bond donors (Lipinski definition) is 2. The van der Waals surface area contributed by atoms with Gasteiger partial charge in [-0.3, -0.25) is 14.5 Å². The van der Waals surface area contributed by atoms with Gasteiger partial charge < -0.3 is 19.8 Å². The third kappa shape index (κ3) is 6.03. The Balaban J connectivity index is 1.60. The van der Waals surface area contributed by atoms with Crippen LogP contribution in [0, 0.1) is 5.92 Å². The standard InChI is InChI=1S/C16H25N3O4/c1-22-10-6-17-15(20)16(21)18-11-13-4-7-19(8-5-13)12-14-3-2-9-23-14/h2-3,9,13H,4-8,10-12H2,1H3,(H,17,20)(H,18,21). The smallest absolute Gasteiger partial charge is 0.309 e. The summed E-state index contributed by atoms with van der Waals surface area (Å²) in [5, 5.41) is 5.22. The van der Waals surface area contributed by atoms with Crippen LogP contribution in [0.5, 0.6) is 0 Å². The summed E-state index contributed by atoms with van der Waals surface area (Å²) in [6.45, 7) is 4.06. The summed E-state index contributed by atoms with van der Waals surface area (Å²) < 4.78 is 10.2. The van der Waals surface area contributed by atoms with E-state index in [1.807, 2.05) is 12.1 Å². The van der Waals surface area contributed by atoms with Crippen molar-refractivity contribution in [3.63, 3.8) is 0 Å². The maximum atomic E-state index is 11.7. The first kappa shape index (κ1) is 17.5. The molecule has 0 aliphatic carbocycles. The maximum Gasteiger partial charge on any atom is 0.309 e. The highest BCUT2D eigenvalue weighted by atomic mass is 16.5. The van der Waals surface area contributed by atoms with Crippen molar-refractivity contribution in [3.05, 3.63) is 24.2 Å². The zero-order valence-electron chi connectivity index (χ0n) is 13.5. The van der Waals surface area contributed by atoms with Gasteiger partial charge >= 0.3 is 11.8 Å². The summed E-state index contributed by atoms with van der Waals surface area (Å²) in [5.74, 6) is 0.222. The van der Waals surface area contributed by atoms with Crippen molar-refractivity contribution in [2.45, 2.75) is 19.4 Å². The zero-order valence-corrected chi connectivity index (χ0v) is 13.5. The van der Waals surface area contributed by atoms with Crippen molar-refractivity contribution in [3.8, 4) is 0 Å². The quantitative estimate of drug-likeness (QED) is 0.559. The number of carbonyl (C=O) groups excluding carboxylic acids is 2. The number of nitrogens with one attached hydrogen (secondary N) is 2. The van der Waals surface area contributed by atoms with Gasteiger partial charge in [-0.1, -0.05) is 0 Å². The van der Waals surface area contributed by atoms with Gasteiger partial charge in [0.25, 0.3) is 0 Å². The summed E-state index contributed by atoms with van der Waals surface area (Å²) in [6, 6.07) is 3.88. The van der Waals surface area contributed by atoms with Gasteiger partial charge in [0.05, 0.1) is 19.4 Å². The second-order valence-corrected chi connectivity index (χ2v) is 5.76. The lowest BCUT2D eigenvalue weighted by Gasteiger charge is -2.31. The Morgan fingerprint density at radius 3 is 2.70 bits per heavy atom. The summed E-state index contributed by atoms with van der Waals surface area (Å²) in [6.07, 6.45) is 3.70. The molecule has 0 spiro atoms. The molecule has 1 aromatic rings. The highest BCUT2D eigenvalue weighted by Gasteiger charge is 2.21. The molecule has 2 heterocycles. The van der Waals surface area contributed by atoms with Crippen LogP contribution < -0.4 is 10.6 Å². The van der Waals surface area contributed by atoms with E-state index in [0.717, 1.165) is 38.2 Å². The van der Waals surface area contributed by atoms with Crippen LogP contribution in [0.4, 0.5) is 0 Å². The molecule has 1 aliphatic rings. The van der Waals surface area contributed by atoms with Crippen LogP contribution >= 0.6 is 0 Å². The first-order valence-corrected chi connectivity index (χ1v) is 7.98. The molecule has 0 atom stereocenters. The van der Waals surface area contributed by atoms with Crippen LogP contribution in [-0.2, 0) is 20.9 Å². The highest BCUT2D eigenvalue weighted by molar-refractivity contribution is 6.35. The van der Waals surface area contributed by atoms with Gasteiger partial charge in [-0.25, -0.2) is 0 Å². The zero-order chi connectivity index (χ0) is 16.5. The van der Waals surface area contributed by atoms with E-state index in [4.69, 9.17) is 9.15 Å². The highest BCUT2D eigenvalue weighted by Crippen LogP contribution is 2.18. The number of carbonyl (C=O) groups is 2. The van der Waals surface area contributed by atoms with E-state index in [9.17, 15) is 9.59 Å². The van der Waals surface area contributed by atoms with Crippen LogP contribution in [0.3, 0.4) is 0 Å². The van der Waals surface area contributed by atoms with Crippen molar-refractivity contribution in [2.75, 3.05) is 39.9 Å². The molecule has 1 aliphatic heterocycles. The second kappa shape index (κ2) is 9.32. The predicted molar refractivity (Wildman–Crippen MR) is 84.6 cm³/mol. The van der Waals surface area contributed by atoms with Crippen molar-refractivity contribution in [1.29, 1.82) is 0 Å². The minimum atomic E-state index is -0.600. The molecule has 7 nitrogen and oxygen atoms in total. The lowest BCUT2D eigenvalue weighted by molar-refractivity contribution is -0.139. The van der Waals surface area contributed by atoms with E-state index < -0.39 is 11.8 Å². The molecule has 128 valence electrons. The molecule has 0 bridgehead atoms. The Morgan fingerprint density at radius 2 is 2.04 bits per heavy atom. The number of ether oxygens (including phenoxy) is 1. The minimum absolute atomic E-state index is 0.341. The molecule has 0 saturated carbocycles. The number of amides is 2. The largest absolute Gasteiger partial charge is 0.468 e. The number of methoxy groups -OCH3 is 1. The van der Waals surface area contributed by atoms with Crippen LogP contribution in [0.1, 0.15) is 18.6 Å². The van der Waals surface area contributed by atoms with E-state index in [0.29, 0.717) is 25.6 Å². The van der Waals surface area contributed by atoms with Gasteiger partial charge in [0.1, 0.15) is 5.76 Å². The van der Waals surface area contributed by atoms with Gasteiger partial charge in [-0.05, 0) is 44.0 Å². The van der Waals surface area contributed by atoms with Crippen molar-refractivity contribution in [1.82, 2.24) is 15.5 Å². The van der Waals surface area contributed by atoms with Crippen LogP contribution in [0.25, 0.3) is 0 Å². The molecular weight excluding hydrogens is 298 g/mol. The fourth-order valence-electron chi connectivity index (χ4n) is 2.64. The van der Waals surface area contributed by atoms with Crippen LogP contribution in [-0.4, -0.2) is 56.6 Å². The monoisotopic (exact) mass is 323 g/mol. The SMILES string of the molecule is COCCNC(=O)C(=O)NCC1CCN(Cc2ccco2)CC1. The summed E-state index contributed by atoms with van der Waals surface area (Å²) in [4.78, 5) is 25.5. The van der Waals surface area contributed by atoms with E-state index in [1.54, 1.807) is 13.4 Å².